The molecular formula is C36H39N9O6. The molecule has 0 aliphatic carbocycles. The number of aryl methyl sites for hydroxylation is 1. The Kier molecular flexibility index (Phi) is 11.2. The van der Waals surface area contributed by atoms with Crippen molar-refractivity contribution in [3.05, 3.63) is 126 Å². The summed E-state index contributed by atoms with van der Waals surface area (Å²) in [5.41, 5.74) is 4.19. The molecule has 0 saturated carbocycles. The number of nitrogens with one attached hydrogen (secondary N) is 2. The Bertz CT molecular complexity index is 1950. The quantitative estimate of drug-likeness (QED) is 0.0805. The third-order valence-electron chi connectivity index (χ3n) is 8.64. The molecule has 0 bridgehead atoms. The van der Waals surface area contributed by atoms with E-state index in [2.05, 4.69) is 49.7 Å². The van der Waals surface area contributed by atoms with Gasteiger partial charge in [-0.3, -0.25) is 14.5 Å². The minimum Gasteiger partial charge on any atom is -0.483 e. The van der Waals surface area contributed by atoms with Crippen LogP contribution in [-0.4, -0.2) is 93.6 Å². The van der Waals surface area contributed by atoms with Crippen LogP contribution in [0.1, 0.15) is 46.6 Å². The number of benzene rings is 3. The van der Waals surface area contributed by atoms with Gasteiger partial charge in [0.15, 0.2) is 35.1 Å². The van der Waals surface area contributed by atoms with Crippen LogP contribution in [0.4, 0.5) is 11.8 Å². The number of rotatable bonds is 12. The summed E-state index contributed by atoms with van der Waals surface area (Å²) in [6.45, 7) is 2.11. The van der Waals surface area contributed by atoms with Gasteiger partial charge in [-0.25, -0.2) is 9.97 Å². The standard InChI is InChI=1S/C35H37N9O4.CH2O2/c1-22-38-32(42-41-22)30-28(46)29(47)34(48-30)44-20-37-27-31(36-19-26(24-13-7-3-8-14-24)25-15-9-4-10-16-25)39-35(40-33(27)44)43(21-45)18-17-23-11-5-2-6-12-23;2-1-3/h2-16,20,26,28-30,34,45-47H,17-19,21H2,1H3,(H,36,39,40)(H,38,41,42);1H,(H,2,3)/t28-,29+,30-,34+;/m0./s1. The Labute approximate surface area is 293 Å². The Hall–Kier alpha value is -5.74. The van der Waals surface area contributed by atoms with E-state index in [9.17, 15) is 15.3 Å². The highest BCUT2D eigenvalue weighted by Crippen LogP contribution is 2.39. The molecule has 51 heavy (non-hydrogen) atoms. The van der Waals surface area contributed by atoms with Gasteiger partial charge in [0, 0.05) is 19.0 Å². The normalized spacial score (nSPS) is 18.4. The van der Waals surface area contributed by atoms with Crippen LogP contribution in [0.2, 0.25) is 0 Å². The predicted molar refractivity (Wildman–Crippen MR) is 188 cm³/mol. The SMILES string of the molecule is Cc1nc([C@H]2O[C@@H](n3cnc4c(NCC(c5ccccc5)c5ccccc5)nc(N(CO)CCc5ccccc5)nc43)[C@H](O)[C@@H]2O)n[nH]1.O=CO. The molecule has 1 aliphatic heterocycles. The molecule has 4 heterocycles. The molecule has 0 unspecified atom stereocenters. The number of H-pyrrole nitrogens is 1. The summed E-state index contributed by atoms with van der Waals surface area (Å²) in [4.78, 5) is 28.7. The van der Waals surface area contributed by atoms with Gasteiger partial charge in [0.2, 0.25) is 5.95 Å². The van der Waals surface area contributed by atoms with E-state index in [1.807, 2.05) is 66.7 Å². The van der Waals surface area contributed by atoms with Crippen molar-refractivity contribution in [2.45, 2.75) is 43.8 Å². The van der Waals surface area contributed by atoms with Crippen LogP contribution >= 0.6 is 0 Å². The lowest BCUT2D eigenvalue weighted by Gasteiger charge is -2.23. The lowest BCUT2D eigenvalue weighted by Crippen LogP contribution is -2.30. The first-order chi connectivity index (χ1) is 24.9. The molecule has 6 N–H and O–H groups in total. The van der Waals surface area contributed by atoms with Crippen LogP contribution in [0.5, 0.6) is 0 Å². The molecule has 0 amide bonds. The van der Waals surface area contributed by atoms with Gasteiger partial charge in [0.05, 0.1) is 6.33 Å². The number of aromatic amines is 1. The fourth-order valence-electron chi connectivity index (χ4n) is 6.09. The molecule has 1 aliphatic rings. The van der Waals surface area contributed by atoms with Crippen molar-refractivity contribution in [1.82, 2.24) is 34.7 Å². The third-order valence-corrected chi connectivity index (χ3v) is 8.64. The molecule has 0 radical (unpaired) electrons. The van der Waals surface area contributed by atoms with Crippen LogP contribution in [0.25, 0.3) is 11.2 Å². The van der Waals surface area contributed by atoms with E-state index in [-0.39, 0.29) is 30.9 Å². The van der Waals surface area contributed by atoms with Gasteiger partial charge in [-0.2, -0.15) is 15.1 Å². The number of carboxylic acid groups (broad SMARTS) is 1. The molecule has 15 heteroatoms. The molecule has 15 nitrogen and oxygen atoms in total. The van der Waals surface area contributed by atoms with Crippen molar-refractivity contribution in [3.63, 3.8) is 0 Å². The second kappa shape index (κ2) is 16.3. The largest absolute Gasteiger partial charge is 0.483 e. The van der Waals surface area contributed by atoms with Crippen LogP contribution in [0, 0.1) is 6.92 Å². The molecule has 0 spiro atoms. The number of anilines is 2. The Morgan fingerprint density at radius 1 is 0.941 bits per heavy atom. The lowest BCUT2D eigenvalue weighted by molar-refractivity contribution is -0.122. The van der Waals surface area contributed by atoms with Crippen LogP contribution in [0.3, 0.4) is 0 Å². The highest BCUT2D eigenvalue weighted by atomic mass is 16.6. The van der Waals surface area contributed by atoms with Gasteiger partial charge >= 0.3 is 0 Å². The van der Waals surface area contributed by atoms with Gasteiger partial charge in [-0.1, -0.05) is 91.0 Å². The van der Waals surface area contributed by atoms with E-state index in [0.29, 0.717) is 42.3 Å². The predicted octanol–water partition coefficient (Wildman–Crippen LogP) is 3.19. The van der Waals surface area contributed by atoms with Crippen molar-refractivity contribution in [2.24, 2.45) is 0 Å². The summed E-state index contributed by atoms with van der Waals surface area (Å²) >= 11 is 0. The van der Waals surface area contributed by atoms with Crippen molar-refractivity contribution in [3.8, 4) is 0 Å². The molecule has 7 rings (SSSR count). The van der Waals surface area contributed by atoms with Gasteiger partial charge in [0.25, 0.3) is 6.47 Å². The summed E-state index contributed by atoms with van der Waals surface area (Å²) in [6, 6.07) is 30.5. The number of fused-ring (bicyclic) bond motifs is 1. The van der Waals surface area contributed by atoms with Crippen LogP contribution in [0.15, 0.2) is 97.3 Å². The molecule has 3 aromatic heterocycles. The first-order valence-electron chi connectivity index (χ1n) is 16.4. The van der Waals surface area contributed by atoms with Gasteiger partial charge < -0.3 is 35.4 Å². The molecule has 1 fully saturated rings. The Balaban J connectivity index is 0.00000144. The maximum atomic E-state index is 11.2. The summed E-state index contributed by atoms with van der Waals surface area (Å²) in [5, 5.41) is 49.9. The third kappa shape index (κ3) is 7.86. The Morgan fingerprint density at radius 2 is 1.57 bits per heavy atom. The topological polar surface area (TPSA) is 208 Å². The highest BCUT2D eigenvalue weighted by molar-refractivity contribution is 5.84. The van der Waals surface area contributed by atoms with E-state index in [4.69, 9.17) is 24.6 Å². The van der Waals surface area contributed by atoms with Gasteiger partial charge in [0.1, 0.15) is 24.8 Å². The van der Waals surface area contributed by atoms with E-state index >= 15 is 0 Å². The van der Waals surface area contributed by atoms with Crippen LogP contribution in [-0.2, 0) is 16.0 Å². The highest BCUT2D eigenvalue weighted by Gasteiger charge is 2.47. The summed E-state index contributed by atoms with van der Waals surface area (Å²) in [7, 11) is 0. The second-order valence-electron chi connectivity index (χ2n) is 11.9. The molecule has 264 valence electrons. The zero-order valence-electron chi connectivity index (χ0n) is 27.8. The number of aliphatic hydroxyl groups excluding tert-OH is 3. The van der Waals surface area contributed by atoms with E-state index in [1.165, 1.54) is 6.33 Å². The molecular weight excluding hydrogens is 654 g/mol. The first-order valence-corrected chi connectivity index (χ1v) is 16.4. The monoisotopic (exact) mass is 693 g/mol. The minimum absolute atomic E-state index is 0.00400. The fraction of sp³-hybridized carbons (Fsp3) is 0.278. The van der Waals surface area contributed by atoms with Gasteiger partial charge in [-0.15, -0.1) is 0 Å². The number of nitrogens with zero attached hydrogens (tertiary/aromatic N) is 7. The zero-order chi connectivity index (χ0) is 35.7. The van der Waals surface area contributed by atoms with Crippen LogP contribution < -0.4 is 10.2 Å². The zero-order valence-corrected chi connectivity index (χ0v) is 27.8. The molecule has 6 aromatic rings. The molecule has 4 atom stereocenters. The molecule has 3 aromatic carbocycles. The van der Waals surface area contributed by atoms with E-state index in [0.717, 1.165) is 16.7 Å². The fourth-order valence-corrected chi connectivity index (χ4v) is 6.09. The Morgan fingerprint density at radius 3 is 2.16 bits per heavy atom. The number of aliphatic hydroxyl groups is 3. The van der Waals surface area contributed by atoms with Crippen molar-refractivity contribution in [2.75, 3.05) is 30.0 Å². The van der Waals surface area contributed by atoms with Gasteiger partial charge in [-0.05, 0) is 30.0 Å². The van der Waals surface area contributed by atoms with E-state index in [1.54, 1.807) is 16.4 Å². The average Bonchev–Trinajstić information content (AvgIpc) is 3.87. The first kappa shape index (κ1) is 35.1. The van der Waals surface area contributed by atoms with E-state index < -0.39 is 24.5 Å². The summed E-state index contributed by atoms with van der Waals surface area (Å²) in [6.07, 6.45) is -2.46. The smallest absolute Gasteiger partial charge is 0.290 e. The van der Waals surface area contributed by atoms with Crippen molar-refractivity contribution < 1.29 is 30.0 Å². The number of carbonyl (C=O) groups is 1. The number of hydrogen-bond acceptors (Lipinski definition) is 12. The van der Waals surface area contributed by atoms with Crippen molar-refractivity contribution in [1.29, 1.82) is 0 Å². The molecule has 1 saturated heterocycles. The number of ether oxygens (including phenoxy) is 1. The number of imidazole rings is 1. The maximum Gasteiger partial charge on any atom is 0.290 e. The number of hydrogen-bond donors (Lipinski definition) is 6. The minimum atomic E-state index is -1.33. The average molecular weight is 694 g/mol. The second-order valence-corrected chi connectivity index (χ2v) is 11.9. The number of aromatic nitrogens is 7. The summed E-state index contributed by atoms with van der Waals surface area (Å²) < 4.78 is 7.74. The lowest BCUT2D eigenvalue weighted by atomic mass is 9.91. The summed E-state index contributed by atoms with van der Waals surface area (Å²) in [5.74, 6) is 1.52. The maximum absolute atomic E-state index is 11.2. The van der Waals surface area contributed by atoms with Crippen molar-refractivity contribution >= 4 is 29.4 Å².